The summed E-state index contributed by atoms with van der Waals surface area (Å²) in [6.45, 7) is 30.6. The summed E-state index contributed by atoms with van der Waals surface area (Å²) in [7, 11) is 1.47. The lowest BCUT2D eigenvalue weighted by molar-refractivity contribution is -0.120. The van der Waals surface area contributed by atoms with Gasteiger partial charge in [-0.05, 0) is 197 Å². The first kappa shape index (κ1) is 106. The summed E-state index contributed by atoms with van der Waals surface area (Å²) in [4.78, 5) is 145. The quantitative estimate of drug-likeness (QED) is 0.0268. The molecule has 26 nitrogen and oxygen atoms in total. The summed E-state index contributed by atoms with van der Waals surface area (Å²) in [5.41, 5.74) is 15.7. The molecule has 5 atom stereocenters. The van der Waals surface area contributed by atoms with Crippen LogP contribution in [0.2, 0.25) is 5.02 Å². The van der Waals surface area contributed by atoms with Gasteiger partial charge in [0, 0.05) is 131 Å². The van der Waals surface area contributed by atoms with Gasteiger partial charge >= 0.3 is 6.61 Å². The molecule has 0 radical (unpaired) electrons. The average molecular weight is 1930 g/mol. The van der Waals surface area contributed by atoms with Crippen molar-refractivity contribution in [2.24, 2.45) is 0 Å². The second-order valence-electron chi connectivity index (χ2n) is 39.4. The van der Waals surface area contributed by atoms with Crippen molar-refractivity contribution in [3.05, 3.63) is 348 Å². The van der Waals surface area contributed by atoms with Crippen LogP contribution in [0, 0.1) is 0 Å². The number of anilines is 1. The Kier molecular flexibility index (Phi) is 35.9. The van der Waals surface area contributed by atoms with Crippen LogP contribution >= 0.6 is 11.6 Å². The van der Waals surface area contributed by atoms with E-state index in [4.69, 9.17) is 25.8 Å². The number of methoxy groups -OCH3 is 1. The molecule has 10 aromatic rings. The summed E-state index contributed by atoms with van der Waals surface area (Å²) >= 11 is 5.84. The van der Waals surface area contributed by atoms with Crippen molar-refractivity contribution < 1.29 is 56.5 Å². The predicted octanol–water partition coefficient (Wildman–Crippen LogP) is 18.4. The van der Waals surface area contributed by atoms with E-state index in [9.17, 15) is 61.5 Å². The van der Waals surface area contributed by atoms with E-state index >= 15 is 0 Å². The van der Waals surface area contributed by atoms with E-state index in [1.807, 2.05) is 112 Å². The molecule has 5 fully saturated rings. The number of nitrogens with one attached hydrogen (secondary N) is 11. The largest absolute Gasteiger partial charge is 0.491 e. The Hall–Kier alpha value is -14.3. The van der Waals surface area contributed by atoms with Crippen LogP contribution in [0.3, 0.4) is 0 Å². The van der Waals surface area contributed by atoms with Crippen LogP contribution in [0.1, 0.15) is 260 Å². The van der Waals surface area contributed by atoms with E-state index in [-0.39, 0.29) is 126 Å². The zero-order valence-corrected chi connectivity index (χ0v) is 83.2. The van der Waals surface area contributed by atoms with Gasteiger partial charge in [-0.25, -0.2) is 0 Å². The molecule has 140 heavy (non-hydrogen) atoms. The van der Waals surface area contributed by atoms with Crippen molar-refractivity contribution in [3.63, 3.8) is 0 Å². The summed E-state index contributed by atoms with van der Waals surface area (Å²) in [6, 6.07) is 56.6. The summed E-state index contributed by atoms with van der Waals surface area (Å²) < 4.78 is 45.2. The Balaban J connectivity index is 0.000000168. The van der Waals surface area contributed by atoms with Crippen molar-refractivity contribution in [2.75, 3.05) is 19.0 Å². The normalized spacial score (nSPS) is 17.4. The van der Waals surface area contributed by atoms with Crippen LogP contribution in [0.5, 0.6) is 23.0 Å². The number of benzene rings is 5. The van der Waals surface area contributed by atoms with Gasteiger partial charge in [-0.2, -0.15) is 8.78 Å². The van der Waals surface area contributed by atoms with Crippen molar-refractivity contribution in [3.8, 4) is 23.0 Å². The highest BCUT2D eigenvalue weighted by Gasteiger charge is 2.29. The first-order valence-electron chi connectivity index (χ1n) is 47.2. The number of pyridine rings is 5. The number of hydrogen-bond donors (Lipinski definition) is 11. The molecule has 6 amide bonds. The fourth-order valence-corrected chi connectivity index (χ4v) is 16.3. The van der Waals surface area contributed by atoms with Gasteiger partial charge in [-0.1, -0.05) is 241 Å². The van der Waals surface area contributed by atoms with E-state index in [1.165, 1.54) is 48.9 Å². The molecule has 0 bridgehead atoms. The number of aromatic nitrogens is 5. The minimum Gasteiger partial charge on any atom is -0.491 e. The maximum absolute atomic E-state index is 12.5. The lowest BCUT2D eigenvalue weighted by Crippen LogP contribution is -2.24. The Morgan fingerprint density at radius 2 is 0.657 bits per heavy atom. The summed E-state index contributed by atoms with van der Waals surface area (Å²) in [5, 5.41) is 17.5. The highest BCUT2D eigenvalue weighted by Crippen LogP contribution is 2.36. The number of H-pyrrole nitrogens is 5. The Morgan fingerprint density at radius 1 is 0.379 bits per heavy atom. The fraction of sp³-hybridized carbons (Fsp3) is 0.360. The minimum atomic E-state index is -3.07. The highest BCUT2D eigenvalue weighted by atomic mass is 35.5. The number of halogens is 3. The standard InChI is InChI=1S/2C24H30N2O3.C22H24F2N2O3.C22H26N2O3.C19H18ClN3O3/c1-15(2)29-21-12-11-20(26-23(21)28)19(14-18-10-13-22(27)25-18)16-6-8-17(9-7-16)24(3,4)5;1-5-14-29-21-12-11-20(26-23(21)28)19(15-18-10-13-22(27)25-18)16-6-8-17(9-7-16)24(2,3)4;1-22(2,3)14-6-4-13(5-7-14)16(12-15-8-11-19(27)25-15)17-9-10-18(20(28)26-17)29-21(23)24;1-22(2,3)15-7-5-14(6-8-15)17(13-16-9-12-20(25)23-16)18-10-11-19(27-4)21(26)24-18;1-11(24)21-13-4-2-3-12(9-13)15(10-14-5-8-18(25)22-14)17-7-6-16(20)19(26)23-17/h6-9,11-12,14-15,18H,10,13H2,1-5H3,(H,25,27)(H,26,28);6-9,11-12,15,18H,5,10,13-14H2,1-4H3,(H,25,27)(H,26,28);4-7,9-10,12,15,21H,8,11H2,1-3H3,(H,25,27)(H,26,28);5-8,10-11,13,16H,9,12H2,1-4H3,(H,23,25)(H,24,26);2-4,6-7,9-10,14H,5,8H2,1H3,(H,21,24)(H,22,25)(H,23,26)/b19-14+;19-15+;16-12+;17-13+;15-10+/t2*18-;15-;16-;14-/m11111/s1. The van der Waals surface area contributed by atoms with Crippen LogP contribution in [0.4, 0.5) is 14.5 Å². The van der Waals surface area contributed by atoms with Crippen molar-refractivity contribution >= 4 is 80.6 Å². The van der Waals surface area contributed by atoms with E-state index in [2.05, 4.69) is 217 Å². The number of ether oxygens (including phenoxy) is 4. The molecule has 15 rings (SSSR count). The monoisotopic (exact) mass is 1930 g/mol. The maximum Gasteiger partial charge on any atom is 0.387 e. The second-order valence-corrected chi connectivity index (χ2v) is 39.9. The molecular weight excluding hydrogens is 1800 g/mol. The zero-order valence-electron chi connectivity index (χ0n) is 82.5. The van der Waals surface area contributed by atoms with Gasteiger partial charge in [0.2, 0.25) is 35.4 Å². The highest BCUT2D eigenvalue weighted by molar-refractivity contribution is 6.30. The van der Waals surface area contributed by atoms with Crippen molar-refractivity contribution in [1.29, 1.82) is 0 Å². The number of alkyl halides is 2. The Morgan fingerprint density at radius 3 is 0.907 bits per heavy atom. The third-order valence-corrected chi connectivity index (χ3v) is 24.1. The van der Waals surface area contributed by atoms with Crippen LogP contribution in [-0.2, 0) is 50.4 Å². The number of carbonyl (C=O) groups is 6. The number of carbonyl (C=O) groups excluding carboxylic acids is 6. The van der Waals surface area contributed by atoms with Gasteiger partial charge in [0.15, 0.2) is 23.0 Å². The molecule has 11 N–H and O–H groups in total. The van der Waals surface area contributed by atoms with Gasteiger partial charge in [0.25, 0.3) is 27.8 Å². The van der Waals surface area contributed by atoms with Crippen LogP contribution in [-0.4, -0.2) is 117 Å². The van der Waals surface area contributed by atoms with Gasteiger partial charge in [-0.3, -0.25) is 52.7 Å². The van der Waals surface area contributed by atoms with Crippen LogP contribution in [0.25, 0.3) is 27.9 Å². The van der Waals surface area contributed by atoms with Gasteiger partial charge in [0.1, 0.15) is 5.02 Å². The van der Waals surface area contributed by atoms with Crippen molar-refractivity contribution in [2.45, 2.75) is 246 Å². The van der Waals surface area contributed by atoms with E-state index in [1.54, 1.807) is 30.3 Å². The average Bonchev–Trinajstić information content (AvgIpc) is 0.856. The molecule has 0 unspecified atom stereocenters. The molecule has 5 aromatic carbocycles. The second kappa shape index (κ2) is 47.4. The first-order chi connectivity index (χ1) is 66.2. The van der Waals surface area contributed by atoms with Crippen LogP contribution < -0.4 is 78.6 Å². The smallest absolute Gasteiger partial charge is 0.387 e. The first-order valence-corrected chi connectivity index (χ1v) is 47.6. The fourth-order valence-electron chi connectivity index (χ4n) is 16.2. The topological polar surface area (TPSA) is 376 Å². The predicted molar refractivity (Wildman–Crippen MR) is 548 cm³/mol. The lowest BCUT2D eigenvalue weighted by Gasteiger charge is -2.20. The molecule has 738 valence electrons. The molecule has 0 spiro atoms. The molecule has 5 saturated heterocycles. The molecule has 5 aromatic heterocycles. The number of rotatable bonds is 24. The lowest BCUT2D eigenvalue weighted by atomic mass is 9.86. The number of hydrogen-bond acceptors (Lipinski definition) is 15. The molecule has 5 aliphatic rings. The summed E-state index contributed by atoms with van der Waals surface area (Å²) in [6.07, 6.45) is 16.7. The third-order valence-electron chi connectivity index (χ3n) is 23.8. The Bertz CT molecular complexity index is 6430. The van der Waals surface area contributed by atoms with Crippen molar-refractivity contribution in [1.82, 2.24) is 51.5 Å². The molecule has 0 aliphatic carbocycles. The minimum absolute atomic E-state index is 0.00203. The van der Waals surface area contributed by atoms with Gasteiger partial charge in [0.05, 0.1) is 19.8 Å². The molecule has 5 aliphatic heterocycles. The van der Waals surface area contributed by atoms with Crippen LogP contribution in [0.15, 0.2) is 236 Å². The number of amides is 6. The SMILES string of the molecule is CC(=O)Nc1cccc(/C(=C\[C@H]2CCC(=O)N2)c2ccc(Cl)c(=O)[nH]2)c1.CC(C)(C)c1ccc(/C(=C\[C@H]2CCC(=O)N2)c2ccc(OC(F)F)c(=O)[nH]2)cc1.CC(C)Oc1ccc(/C(=C/[C@H]2CCC(=O)N2)c2ccc(C(C)(C)C)cc2)[nH]c1=O.CCCOc1ccc(/C(=C/[C@H]2CCC(=O)N2)c2ccc(C(C)(C)C)cc2)[nH]c1=O.COc1ccc(/C(=C/[C@H]2CCC(=O)N2)c2ccc(C(C)(C)C)cc2)[nH]c1=O. The molecule has 29 heteroatoms. The zero-order chi connectivity index (χ0) is 102. The van der Waals surface area contributed by atoms with Gasteiger partial charge < -0.3 is 75.8 Å². The van der Waals surface area contributed by atoms with E-state index < -0.39 is 17.9 Å². The Labute approximate surface area is 819 Å². The molecule has 10 heterocycles. The van der Waals surface area contributed by atoms with Gasteiger partial charge in [-0.15, -0.1) is 0 Å². The molecule has 0 saturated carbocycles. The van der Waals surface area contributed by atoms with E-state index in [0.29, 0.717) is 103 Å². The summed E-state index contributed by atoms with van der Waals surface area (Å²) in [5.74, 6) is 0.444. The number of aromatic amines is 5. The molecular formula is C111H128ClF2N11O15. The van der Waals surface area contributed by atoms with E-state index in [0.717, 1.165) is 81.4 Å². The third kappa shape index (κ3) is 30.4. The maximum atomic E-state index is 12.5.